The largest absolute Gasteiger partial charge is 0.382 e. The fourth-order valence-electron chi connectivity index (χ4n) is 1.20. The van der Waals surface area contributed by atoms with Crippen LogP contribution < -0.4 is 5.48 Å². The average Bonchev–Trinajstić information content (AvgIpc) is 2.38. The number of nitrogens with one attached hydrogen (secondary N) is 1. The molecule has 0 aliphatic carbocycles. The maximum absolute atomic E-state index is 4.83. The molecule has 0 aromatic heterocycles. The number of benzene rings is 1. The van der Waals surface area contributed by atoms with E-state index in [0.717, 1.165) is 25.3 Å². The van der Waals surface area contributed by atoms with Crippen LogP contribution >= 0.6 is 9.47 Å². The van der Waals surface area contributed by atoms with Gasteiger partial charge in [-0.15, -0.1) is 4.99 Å². The summed E-state index contributed by atoms with van der Waals surface area (Å²) in [4.78, 5) is 4.58. The first-order valence-corrected chi connectivity index (χ1v) is 6.21. The van der Waals surface area contributed by atoms with Crippen molar-refractivity contribution in [2.45, 2.75) is 27.2 Å². The molecule has 0 spiro atoms. The molecule has 0 aliphatic heterocycles. The van der Waals surface area contributed by atoms with Crippen molar-refractivity contribution in [1.82, 2.24) is 0 Å². The average molecular weight is 259 g/mol. The van der Waals surface area contributed by atoms with Crippen LogP contribution in [0.15, 0.2) is 24.3 Å². The van der Waals surface area contributed by atoms with Gasteiger partial charge in [-0.05, 0) is 31.9 Å². The zero-order valence-corrected chi connectivity index (χ0v) is 11.9. The molecule has 4 nitrogen and oxygen atoms in total. The number of rotatable bonds is 6. The van der Waals surface area contributed by atoms with E-state index in [0.29, 0.717) is 0 Å². The van der Waals surface area contributed by atoms with Crippen molar-refractivity contribution >= 4 is 15.2 Å². The van der Waals surface area contributed by atoms with Gasteiger partial charge in [0.25, 0.3) is 0 Å². The maximum atomic E-state index is 4.83. The van der Waals surface area contributed by atoms with Crippen molar-refractivity contribution in [3.63, 3.8) is 0 Å². The second-order valence-electron chi connectivity index (χ2n) is 3.07. The number of hydrogen-bond donors (Lipinski definition) is 1. The quantitative estimate of drug-likeness (QED) is 0.483. The van der Waals surface area contributed by atoms with Crippen LogP contribution in [-0.2, 0) is 20.8 Å². The predicted molar refractivity (Wildman–Crippen MR) is 73.5 cm³/mol. The van der Waals surface area contributed by atoms with E-state index in [9.17, 15) is 0 Å². The van der Waals surface area contributed by atoms with Gasteiger partial charge in [-0.1, -0.05) is 25.1 Å². The summed E-state index contributed by atoms with van der Waals surface area (Å²) in [5.74, 6) is 0. The first-order valence-electron chi connectivity index (χ1n) is 5.74. The Morgan fingerprint density at radius 3 is 2.24 bits per heavy atom. The van der Waals surface area contributed by atoms with Gasteiger partial charge in [-0.25, -0.2) is 5.48 Å². The molecule has 0 radical (unpaired) electrons. The van der Waals surface area contributed by atoms with E-state index < -0.39 is 0 Å². The Morgan fingerprint density at radius 2 is 1.76 bits per heavy atom. The summed E-state index contributed by atoms with van der Waals surface area (Å²) in [6, 6.07) is 7.90. The number of aryl methyl sites for hydroxylation is 1. The third kappa shape index (κ3) is 8.11. The predicted octanol–water partition coefficient (Wildman–Crippen LogP) is 3.36. The van der Waals surface area contributed by atoms with Gasteiger partial charge in [0, 0.05) is 22.7 Å². The molecular formula is C12H22NO3P. The molecule has 0 aliphatic rings. The minimum Gasteiger partial charge on any atom is -0.382 e. The molecule has 1 rings (SSSR count). The van der Waals surface area contributed by atoms with Gasteiger partial charge in [-0.2, -0.15) is 4.67 Å². The molecule has 0 heterocycles. The topological polar surface area (TPSA) is 39.7 Å². The molecule has 0 saturated carbocycles. The lowest BCUT2D eigenvalue weighted by Gasteiger charge is -2.07. The summed E-state index contributed by atoms with van der Waals surface area (Å²) < 4.78 is 9.18. The van der Waals surface area contributed by atoms with E-state index in [1.807, 2.05) is 47.6 Å². The van der Waals surface area contributed by atoms with E-state index in [1.54, 1.807) is 0 Å². The summed E-state index contributed by atoms with van der Waals surface area (Å²) >= 11 is 0. The van der Waals surface area contributed by atoms with Gasteiger partial charge in [0.15, 0.2) is 0 Å². The van der Waals surface area contributed by atoms with Gasteiger partial charge >= 0.3 is 0 Å². The summed E-state index contributed by atoms with van der Waals surface area (Å²) in [5.41, 5.74) is 4.80. The fraction of sp³-hybridized carbons (Fsp3) is 0.500. The molecule has 0 saturated heterocycles. The molecule has 1 aromatic carbocycles. The third-order valence-electron chi connectivity index (χ3n) is 2.01. The molecule has 0 bridgehead atoms. The number of anilines is 1. The van der Waals surface area contributed by atoms with Crippen LogP contribution in [-0.4, -0.2) is 13.2 Å². The fourth-order valence-corrected chi connectivity index (χ4v) is 1.25. The zero-order valence-electron chi connectivity index (χ0n) is 10.7. The maximum Gasteiger partial charge on any atom is 0.0666 e. The summed E-state index contributed by atoms with van der Waals surface area (Å²) in [7, 11) is 2.00. The monoisotopic (exact) mass is 259 g/mol. The number of ether oxygens (including phenoxy) is 1. The molecule has 0 fully saturated rings. The summed E-state index contributed by atoms with van der Waals surface area (Å²) in [6.07, 6.45) is 0.962. The summed E-state index contributed by atoms with van der Waals surface area (Å²) in [5, 5.41) is 0. The lowest BCUT2D eigenvalue weighted by molar-refractivity contribution is -0.163. The van der Waals surface area contributed by atoms with Crippen LogP contribution in [0.3, 0.4) is 0 Å². The molecule has 1 unspecified atom stereocenters. The van der Waals surface area contributed by atoms with Gasteiger partial charge in [0.2, 0.25) is 0 Å². The van der Waals surface area contributed by atoms with E-state index >= 15 is 0 Å². The van der Waals surface area contributed by atoms with Crippen LogP contribution in [0.1, 0.15) is 26.3 Å². The van der Waals surface area contributed by atoms with Crippen molar-refractivity contribution in [2.24, 2.45) is 0 Å². The van der Waals surface area contributed by atoms with Crippen molar-refractivity contribution in [3.05, 3.63) is 29.8 Å². The van der Waals surface area contributed by atoms with E-state index in [2.05, 4.69) is 22.1 Å². The molecule has 0 amide bonds. The second kappa shape index (κ2) is 11.8. The van der Waals surface area contributed by atoms with Crippen LogP contribution in [0.25, 0.3) is 0 Å². The highest BCUT2D eigenvalue weighted by Gasteiger charge is 1.97. The van der Waals surface area contributed by atoms with Crippen LogP contribution in [0.4, 0.5) is 5.69 Å². The number of para-hydroxylation sites is 1. The van der Waals surface area contributed by atoms with E-state index in [4.69, 9.17) is 4.74 Å². The lowest BCUT2D eigenvalue weighted by Crippen LogP contribution is -1.99. The SMILES string of the molecule is CCOCC.CCc1ccccc1NOOP. The second-order valence-corrected chi connectivity index (χ2v) is 3.27. The molecule has 1 atom stereocenters. The van der Waals surface area contributed by atoms with Crippen molar-refractivity contribution in [2.75, 3.05) is 18.7 Å². The minimum atomic E-state index is 0.844. The smallest absolute Gasteiger partial charge is 0.0666 e. The van der Waals surface area contributed by atoms with Gasteiger partial charge in [0.05, 0.1) is 5.69 Å². The van der Waals surface area contributed by atoms with Gasteiger partial charge in [0.1, 0.15) is 0 Å². The highest BCUT2D eigenvalue weighted by Crippen LogP contribution is 2.15. The molecular weight excluding hydrogens is 237 g/mol. The Balaban J connectivity index is 0.000000437. The highest BCUT2D eigenvalue weighted by molar-refractivity contribution is 7.09. The number of hydrogen-bond acceptors (Lipinski definition) is 4. The van der Waals surface area contributed by atoms with Crippen LogP contribution in [0.2, 0.25) is 0 Å². The Morgan fingerprint density at radius 1 is 1.12 bits per heavy atom. The Hall–Kier alpha value is -0.670. The molecule has 17 heavy (non-hydrogen) atoms. The Labute approximate surface area is 106 Å². The van der Waals surface area contributed by atoms with Crippen molar-refractivity contribution < 1.29 is 14.4 Å². The van der Waals surface area contributed by atoms with Gasteiger partial charge < -0.3 is 4.74 Å². The van der Waals surface area contributed by atoms with Crippen molar-refractivity contribution in [1.29, 1.82) is 0 Å². The Bertz CT molecular complexity index is 282. The lowest BCUT2D eigenvalue weighted by atomic mass is 10.1. The molecule has 1 aromatic rings. The Kier molecular flexibility index (Phi) is 11.3. The van der Waals surface area contributed by atoms with Crippen LogP contribution in [0.5, 0.6) is 0 Å². The molecule has 1 N–H and O–H groups in total. The van der Waals surface area contributed by atoms with Gasteiger partial charge in [-0.3, -0.25) is 0 Å². The first kappa shape index (κ1) is 16.3. The molecule has 98 valence electrons. The van der Waals surface area contributed by atoms with Crippen molar-refractivity contribution in [3.8, 4) is 0 Å². The highest BCUT2D eigenvalue weighted by atomic mass is 31.0. The van der Waals surface area contributed by atoms with E-state index in [1.165, 1.54) is 5.56 Å². The van der Waals surface area contributed by atoms with E-state index in [-0.39, 0.29) is 0 Å². The zero-order chi connectivity index (χ0) is 12.9. The minimum absolute atomic E-state index is 0.844. The normalized spacial score (nSPS) is 9.41. The third-order valence-corrected chi connectivity index (χ3v) is 2.10. The summed E-state index contributed by atoms with van der Waals surface area (Å²) in [6.45, 7) is 7.75. The first-order chi connectivity index (χ1) is 8.29. The molecule has 5 heteroatoms. The standard InChI is InChI=1S/C8H12NO2P.C4H10O/c1-2-7-5-3-4-6-8(7)9-10-11-12;1-3-5-4-2/h3-6,9H,2,12H2,1H3;3-4H2,1-2H3. The van der Waals surface area contributed by atoms with Crippen LogP contribution in [0, 0.1) is 0 Å².